The highest BCUT2D eigenvalue weighted by Gasteiger charge is 2.06. The summed E-state index contributed by atoms with van der Waals surface area (Å²) in [6.07, 6.45) is 3.39. The number of benzene rings is 1. The van der Waals surface area contributed by atoms with Crippen molar-refractivity contribution in [2.75, 3.05) is 5.32 Å². The van der Waals surface area contributed by atoms with Gasteiger partial charge >= 0.3 is 0 Å². The molecule has 98 valence electrons. The summed E-state index contributed by atoms with van der Waals surface area (Å²) in [6.45, 7) is 3.92. The van der Waals surface area contributed by atoms with Crippen LogP contribution in [0.2, 0.25) is 0 Å². The molecule has 0 unspecified atom stereocenters. The van der Waals surface area contributed by atoms with Gasteiger partial charge in [-0.05, 0) is 50.2 Å². The van der Waals surface area contributed by atoms with E-state index in [2.05, 4.69) is 10.3 Å². The minimum Gasteiger partial charge on any atom is -0.491 e. The third-order valence-electron chi connectivity index (χ3n) is 2.43. The van der Waals surface area contributed by atoms with Crippen molar-refractivity contribution in [2.24, 2.45) is 0 Å². The first kappa shape index (κ1) is 13.1. The summed E-state index contributed by atoms with van der Waals surface area (Å²) in [7, 11) is 0. The van der Waals surface area contributed by atoms with E-state index in [1.54, 1.807) is 48.8 Å². The molecule has 1 amide bonds. The van der Waals surface area contributed by atoms with Gasteiger partial charge in [0.15, 0.2) is 0 Å². The number of ether oxygens (including phenoxy) is 1. The minimum absolute atomic E-state index is 0.122. The van der Waals surface area contributed by atoms with E-state index in [-0.39, 0.29) is 12.0 Å². The van der Waals surface area contributed by atoms with E-state index in [4.69, 9.17) is 4.74 Å². The third kappa shape index (κ3) is 3.81. The first-order valence-corrected chi connectivity index (χ1v) is 6.13. The zero-order valence-electron chi connectivity index (χ0n) is 11.0. The number of carbonyl (C=O) groups is 1. The van der Waals surface area contributed by atoms with Gasteiger partial charge in [0.25, 0.3) is 5.91 Å². The van der Waals surface area contributed by atoms with Gasteiger partial charge in [-0.15, -0.1) is 0 Å². The number of anilines is 1. The molecule has 2 rings (SSSR count). The Morgan fingerprint density at radius 1 is 1.11 bits per heavy atom. The molecule has 0 fully saturated rings. The molecular formula is C15H16N2O2. The number of nitrogens with zero attached hydrogens (tertiary/aromatic N) is 1. The number of amides is 1. The first-order chi connectivity index (χ1) is 9.15. The molecule has 2 aromatic rings. The highest BCUT2D eigenvalue weighted by atomic mass is 16.5. The Labute approximate surface area is 112 Å². The van der Waals surface area contributed by atoms with E-state index in [0.717, 1.165) is 11.4 Å². The molecule has 0 spiro atoms. The Bertz CT molecular complexity index is 536. The van der Waals surface area contributed by atoms with Crippen LogP contribution < -0.4 is 10.1 Å². The summed E-state index contributed by atoms with van der Waals surface area (Å²) in [5.74, 6) is 0.609. The van der Waals surface area contributed by atoms with Crippen molar-refractivity contribution in [1.29, 1.82) is 0 Å². The molecule has 0 atom stereocenters. The Kier molecular flexibility index (Phi) is 4.13. The van der Waals surface area contributed by atoms with Crippen LogP contribution >= 0.6 is 0 Å². The maximum absolute atomic E-state index is 12.0. The maximum Gasteiger partial charge on any atom is 0.255 e. The lowest BCUT2D eigenvalue weighted by Gasteiger charge is -2.10. The fourth-order valence-electron chi connectivity index (χ4n) is 1.60. The Balaban J connectivity index is 2.04. The summed E-state index contributed by atoms with van der Waals surface area (Å²) >= 11 is 0. The molecule has 0 aliphatic carbocycles. The number of nitrogens with one attached hydrogen (secondary N) is 1. The van der Waals surface area contributed by atoms with Crippen LogP contribution in [0.25, 0.3) is 0 Å². The van der Waals surface area contributed by atoms with E-state index >= 15 is 0 Å². The van der Waals surface area contributed by atoms with Gasteiger partial charge in [0.1, 0.15) is 5.75 Å². The molecule has 1 heterocycles. The van der Waals surface area contributed by atoms with E-state index in [1.165, 1.54) is 0 Å². The molecule has 0 bridgehead atoms. The average Bonchev–Trinajstić information content (AvgIpc) is 2.40. The Morgan fingerprint density at radius 3 is 2.32 bits per heavy atom. The second-order valence-electron chi connectivity index (χ2n) is 4.38. The predicted molar refractivity (Wildman–Crippen MR) is 74.4 cm³/mol. The van der Waals surface area contributed by atoms with E-state index in [9.17, 15) is 4.79 Å². The fourth-order valence-corrected chi connectivity index (χ4v) is 1.60. The smallest absolute Gasteiger partial charge is 0.255 e. The molecule has 4 heteroatoms. The van der Waals surface area contributed by atoms with E-state index in [0.29, 0.717) is 5.56 Å². The fraction of sp³-hybridized carbons (Fsp3) is 0.200. The van der Waals surface area contributed by atoms with Crippen LogP contribution in [-0.2, 0) is 0 Å². The highest BCUT2D eigenvalue weighted by molar-refractivity contribution is 6.04. The molecule has 1 aromatic heterocycles. The number of hydrogen-bond acceptors (Lipinski definition) is 3. The average molecular weight is 256 g/mol. The monoisotopic (exact) mass is 256 g/mol. The van der Waals surface area contributed by atoms with Crippen LogP contribution in [0.15, 0.2) is 48.8 Å². The topological polar surface area (TPSA) is 51.2 Å². The van der Waals surface area contributed by atoms with Crippen LogP contribution in [0.5, 0.6) is 5.75 Å². The van der Waals surface area contributed by atoms with Gasteiger partial charge in [0.05, 0.1) is 6.10 Å². The van der Waals surface area contributed by atoms with Crippen molar-refractivity contribution in [1.82, 2.24) is 4.98 Å². The first-order valence-electron chi connectivity index (χ1n) is 6.13. The van der Waals surface area contributed by atoms with Gasteiger partial charge in [0.2, 0.25) is 0 Å². The molecule has 1 aromatic carbocycles. The lowest BCUT2D eigenvalue weighted by Crippen LogP contribution is -2.12. The minimum atomic E-state index is -0.151. The van der Waals surface area contributed by atoms with E-state index < -0.39 is 0 Å². The summed E-state index contributed by atoms with van der Waals surface area (Å²) in [5, 5.41) is 2.80. The molecule has 4 nitrogen and oxygen atoms in total. The van der Waals surface area contributed by atoms with Crippen LogP contribution in [-0.4, -0.2) is 17.0 Å². The van der Waals surface area contributed by atoms with Crippen LogP contribution in [0.1, 0.15) is 24.2 Å². The Hall–Kier alpha value is -2.36. The quantitative estimate of drug-likeness (QED) is 0.914. The SMILES string of the molecule is CC(C)Oc1ccc(C(=O)Nc2ccncc2)cc1. The number of carbonyl (C=O) groups excluding carboxylic acids is 1. The zero-order valence-corrected chi connectivity index (χ0v) is 11.0. The van der Waals surface area contributed by atoms with Gasteiger partial charge in [0, 0.05) is 23.6 Å². The molecule has 19 heavy (non-hydrogen) atoms. The van der Waals surface area contributed by atoms with Gasteiger partial charge < -0.3 is 10.1 Å². The Morgan fingerprint density at radius 2 is 1.74 bits per heavy atom. The number of rotatable bonds is 4. The second-order valence-corrected chi connectivity index (χ2v) is 4.38. The van der Waals surface area contributed by atoms with Crippen LogP contribution in [0.3, 0.4) is 0 Å². The molecule has 1 N–H and O–H groups in total. The van der Waals surface area contributed by atoms with Crippen molar-refractivity contribution in [2.45, 2.75) is 20.0 Å². The summed E-state index contributed by atoms with van der Waals surface area (Å²) < 4.78 is 5.53. The number of aromatic nitrogens is 1. The van der Waals surface area contributed by atoms with E-state index in [1.807, 2.05) is 13.8 Å². The van der Waals surface area contributed by atoms with Crippen LogP contribution in [0.4, 0.5) is 5.69 Å². The predicted octanol–water partition coefficient (Wildman–Crippen LogP) is 3.12. The largest absolute Gasteiger partial charge is 0.491 e. The van der Waals surface area contributed by atoms with Crippen molar-refractivity contribution in [3.05, 3.63) is 54.4 Å². The summed E-state index contributed by atoms with van der Waals surface area (Å²) in [4.78, 5) is 15.9. The second kappa shape index (κ2) is 6.00. The van der Waals surface area contributed by atoms with Crippen LogP contribution in [0, 0.1) is 0 Å². The zero-order chi connectivity index (χ0) is 13.7. The molecule has 0 aliphatic rings. The van der Waals surface area contributed by atoms with Crippen molar-refractivity contribution < 1.29 is 9.53 Å². The van der Waals surface area contributed by atoms with Crippen molar-refractivity contribution >= 4 is 11.6 Å². The normalized spacial score (nSPS) is 10.3. The maximum atomic E-state index is 12.0. The number of hydrogen-bond donors (Lipinski definition) is 1. The molecular weight excluding hydrogens is 240 g/mol. The molecule has 0 aliphatic heterocycles. The summed E-state index contributed by atoms with van der Waals surface area (Å²) in [5.41, 5.74) is 1.32. The van der Waals surface area contributed by atoms with Gasteiger partial charge in [-0.1, -0.05) is 0 Å². The summed E-state index contributed by atoms with van der Waals surface area (Å²) in [6, 6.07) is 10.6. The highest BCUT2D eigenvalue weighted by Crippen LogP contribution is 2.15. The van der Waals surface area contributed by atoms with Gasteiger partial charge in [-0.2, -0.15) is 0 Å². The number of pyridine rings is 1. The lowest BCUT2D eigenvalue weighted by atomic mass is 10.2. The standard InChI is InChI=1S/C15H16N2O2/c1-11(2)19-14-5-3-12(4-6-14)15(18)17-13-7-9-16-10-8-13/h3-11H,1-2H3,(H,16,17,18). The van der Waals surface area contributed by atoms with Gasteiger partial charge in [-0.3, -0.25) is 9.78 Å². The third-order valence-corrected chi connectivity index (χ3v) is 2.43. The lowest BCUT2D eigenvalue weighted by molar-refractivity contribution is 0.102. The molecule has 0 saturated heterocycles. The molecule has 0 saturated carbocycles. The van der Waals surface area contributed by atoms with Crippen molar-refractivity contribution in [3.8, 4) is 5.75 Å². The molecule has 0 radical (unpaired) electrons. The van der Waals surface area contributed by atoms with Gasteiger partial charge in [-0.25, -0.2) is 0 Å². The van der Waals surface area contributed by atoms with Crippen molar-refractivity contribution in [3.63, 3.8) is 0 Å².